The van der Waals surface area contributed by atoms with Crippen LogP contribution in [0.2, 0.25) is 0 Å². The van der Waals surface area contributed by atoms with Crippen LogP contribution in [0.15, 0.2) is 23.8 Å². The number of rotatable bonds is 2. The van der Waals surface area contributed by atoms with Gasteiger partial charge in [-0.25, -0.2) is 0 Å². The fraction of sp³-hybridized carbons (Fsp3) is 0.571. The Morgan fingerprint density at radius 2 is 0.694 bits per heavy atom. The zero-order valence-electron chi connectivity index (χ0n) is 18.2. The molecular formula is C14H26F12N8P2. The Morgan fingerprint density at radius 3 is 0.889 bits per heavy atom. The topological polar surface area (TPSA) is 100 Å². The molecule has 0 aromatic carbocycles. The van der Waals surface area contributed by atoms with Gasteiger partial charge in [0.2, 0.25) is 0 Å². The summed E-state index contributed by atoms with van der Waals surface area (Å²) < 4.78 is 118. The molecule has 4 heterocycles. The molecule has 216 valence electrons. The van der Waals surface area contributed by atoms with Gasteiger partial charge in [-0.1, -0.05) is 0 Å². The maximum absolute atomic E-state index is 10.7. The molecule has 0 spiro atoms. The monoisotopic (exact) mass is 596 g/mol. The molecule has 0 saturated carbocycles. The van der Waals surface area contributed by atoms with E-state index in [0.717, 1.165) is 75.7 Å². The van der Waals surface area contributed by atoms with Crippen LogP contribution in [-0.2, 0) is 0 Å². The van der Waals surface area contributed by atoms with Crippen molar-refractivity contribution < 1.29 is 60.3 Å². The number of hydrogen-bond acceptors (Lipinski definition) is 6. The van der Waals surface area contributed by atoms with E-state index in [1.807, 2.05) is 0 Å². The third-order valence-electron chi connectivity index (χ3n) is 3.60. The molecule has 2 saturated heterocycles. The van der Waals surface area contributed by atoms with Crippen LogP contribution in [-0.4, -0.2) is 64.0 Å². The van der Waals surface area contributed by atoms with Crippen molar-refractivity contribution in [3.05, 3.63) is 23.8 Å². The van der Waals surface area contributed by atoms with Crippen LogP contribution in [0.3, 0.4) is 0 Å². The van der Waals surface area contributed by atoms with Crippen molar-refractivity contribution in [2.45, 2.75) is 0 Å². The van der Waals surface area contributed by atoms with Crippen LogP contribution < -0.4 is 41.9 Å². The standard InChI is InChI=1S/2C7H12N4.2F6P/c2*1-2-9-6(8-1)5-7-10-3-4-11-7;2*1-7(2,3,4,5)6/h2*5,8-9H,1-4H2,(H,10,11);;/q;;2*-1/p+2. The van der Waals surface area contributed by atoms with Gasteiger partial charge in [-0.05, 0) is 0 Å². The van der Waals surface area contributed by atoms with Crippen LogP contribution in [0.1, 0.15) is 0 Å². The van der Waals surface area contributed by atoms with Crippen LogP contribution >= 0.6 is 15.6 Å². The van der Waals surface area contributed by atoms with E-state index < -0.39 is 15.6 Å². The first-order valence-corrected chi connectivity index (χ1v) is 14.1. The number of nitrogens with one attached hydrogen (secondary N) is 8. The second-order valence-corrected chi connectivity index (χ2v) is 11.1. The van der Waals surface area contributed by atoms with Crippen LogP contribution in [0, 0.1) is 0 Å². The summed E-state index contributed by atoms with van der Waals surface area (Å²) in [6, 6.07) is 0. The minimum atomic E-state index is -10.7. The van der Waals surface area contributed by atoms with Gasteiger partial charge in [-0.15, -0.1) is 0 Å². The average molecular weight is 596 g/mol. The van der Waals surface area contributed by atoms with E-state index in [9.17, 15) is 50.4 Å². The first kappa shape index (κ1) is 31.7. The van der Waals surface area contributed by atoms with E-state index >= 15 is 0 Å². The Labute approximate surface area is 196 Å². The number of amidine groups is 2. The zero-order valence-corrected chi connectivity index (χ0v) is 20.0. The molecule has 0 bridgehead atoms. The molecule has 0 amide bonds. The molecule has 2 fully saturated rings. The molecule has 0 aliphatic carbocycles. The fourth-order valence-corrected chi connectivity index (χ4v) is 2.52. The summed E-state index contributed by atoms with van der Waals surface area (Å²) in [6.45, 7) is 8.22. The van der Waals surface area contributed by atoms with Gasteiger partial charge in [0.15, 0.2) is 0 Å². The summed E-state index contributed by atoms with van der Waals surface area (Å²) in [5.74, 6) is 4.45. The first-order chi connectivity index (χ1) is 15.8. The Morgan fingerprint density at radius 1 is 0.444 bits per heavy atom. The molecule has 0 aromatic rings. The van der Waals surface area contributed by atoms with Crippen LogP contribution in [0.5, 0.6) is 0 Å². The van der Waals surface area contributed by atoms with Crippen molar-refractivity contribution in [3.63, 3.8) is 0 Å². The molecule has 8 N–H and O–H groups in total. The van der Waals surface area contributed by atoms with Crippen molar-refractivity contribution >= 4 is 27.3 Å². The van der Waals surface area contributed by atoms with Gasteiger partial charge in [0.25, 0.3) is 11.7 Å². The summed E-state index contributed by atoms with van der Waals surface area (Å²) in [5, 5.41) is 19.4. The van der Waals surface area contributed by atoms with Gasteiger partial charge < -0.3 is 21.3 Å². The second-order valence-electron chi connectivity index (χ2n) is 7.27. The van der Waals surface area contributed by atoms with E-state index in [-0.39, 0.29) is 0 Å². The maximum atomic E-state index is 9.87. The predicted molar refractivity (Wildman–Crippen MR) is 113 cm³/mol. The van der Waals surface area contributed by atoms with Crippen molar-refractivity contribution in [2.24, 2.45) is 0 Å². The van der Waals surface area contributed by atoms with Gasteiger partial charge in [-0.2, -0.15) is 0 Å². The molecule has 22 heteroatoms. The van der Waals surface area contributed by atoms with Gasteiger partial charge in [0.05, 0.1) is 12.2 Å². The van der Waals surface area contributed by atoms with E-state index in [4.69, 9.17) is 0 Å². The summed E-state index contributed by atoms with van der Waals surface area (Å²) in [6.07, 6.45) is 4.14. The van der Waals surface area contributed by atoms with Crippen molar-refractivity contribution in [2.75, 3.05) is 52.4 Å². The SMILES string of the molecule is C(=C1NCCN1)C1=[NH+]CCN1.C(=C1NCCN1)C1=[NH+]CCN1.F[P-](F)(F)(F)(F)F.F[P-](F)(F)(F)(F)F. The Hall–Kier alpha value is -2.36. The van der Waals surface area contributed by atoms with E-state index in [1.54, 1.807) is 0 Å². The number of halogens is 12. The molecule has 0 unspecified atom stereocenters. The number of hydrogen-bond donors (Lipinski definition) is 8. The summed E-state index contributed by atoms with van der Waals surface area (Å²) in [5.41, 5.74) is 0. The Bertz CT molecular complexity index is 780. The van der Waals surface area contributed by atoms with Crippen LogP contribution in [0.25, 0.3) is 0 Å². The van der Waals surface area contributed by atoms with Gasteiger partial charge in [-0.3, -0.25) is 20.6 Å². The van der Waals surface area contributed by atoms with Gasteiger partial charge in [0.1, 0.15) is 37.8 Å². The van der Waals surface area contributed by atoms with Crippen molar-refractivity contribution in [1.82, 2.24) is 31.9 Å². The Balaban J connectivity index is 0.000000247. The molecule has 4 aliphatic rings. The molecule has 4 rings (SSSR count). The second kappa shape index (κ2) is 9.84. The van der Waals surface area contributed by atoms with E-state index in [0.29, 0.717) is 0 Å². The van der Waals surface area contributed by atoms with Crippen molar-refractivity contribution in [1.29, 1.82) is 0 Å². The molecule has 0 aromatic heterocycles. The molecule has 36 heavy (non-hydrogen) atoms. The summed E-state index contributed by atoms with van der Waals surface area (Å²) >= 11 is 0. The summed E-state index contributed by atoms with van der Waals surface area (Å²) in [4.78, 5) is 6.47. The quantitative estimate of drug-likeness (QED) is 0.179. The van der Waals surface area contributed by atoms with Gasteiger partial charge >= 0.3 is 66.0 Å². The Kier molecular flexibility index (Phi) is 8.65. The molecule has 4 aliphatic heterocycles. The fourth-order valence-electron chi connectivity index (χ4n) is 2.52. The average Bonchev–Trinajstić information content (AvgIpc) is 3.41. The molecule has 0 atom stereocenters. The summed E-state index contributed by atoms with van der Waals surface area (Å²) in [7, 11) is -21.3. The zero-order chi connectivity index (χ0) is 27.9. The third-order valence-corrected chi connectivity index (χ3v) is 3.60. The van der Waals surface area contributed by atoms with E-state index in [2.05, 4.69) is 54.0 Å². The molecule has 0 radical (unpaired) electrons. The minimum absolute atomic E-state index is 1.03. The predicted octanol–water partition coefficient (Wildman–Crippen LogP) is 0.971. The molecular weight excluding hydrogens is 570 g/mol. The van der Waals surface area contributed by atoms with Gasteiger partial charge in [0, 0.05) is 26.2 Å². The normalized spacial score (nSPS) is 22.3. The van der Waals surface area contributed by atoms with Crippen LogP contribution in [0.4, 0.5) is 50.4 Å². The third kappa shape index (κ3) is 26.2. The molecule has 8 nitrogen and oxygen atoms in total. The van der Waals surface area contributed by atoms with E-state index in [1.165, 1.54) is 0 Å². The van der Waals surface area contributed by atoms with Crippen molar-refractivity contribution in [3.8, 4) is 0 Å². The first-order valence-electron chi connectivity index (χ1n) is 10.0.